The van der Waals surface area contributed by atoms with Crippen LogP contribution in [-0.2, 0) is 0 Å². The van der Waals surface area contributed by atoms with Crippen LogP contribution in [0.4, 0.5) is 5.69 Å². The van der Waals surface area contributed by atoms with Crippen molar-refractivity contribution in [3.8, 4) is 5.75 Å². The van der Waals surface area contributed by atoms with Gasteiger partial charge < -0.3 is 10.2 Å². The fourth-order valence-corrected chi connectivity index (χ4v) is 1.82. The molecule has 23 heavy (non-hydrogen) atoms. The lowest BCUT2D eigenvalue weighted by Crippen LogP contribution is -2.06. The van der Waals surface area contributed by atoms with Crippen molar-refractivity contribution in [2.75, 3.05) is 0 Å². The number of aromatic carboxylic acids is 1. The third-order valence-corrected chi connectivity index (χ3v) is 3.02. The van der Waals surface area contributed by atoms with Gasteiger partial charge in [-0.1, -0.05) is 17.9 Å². The molecule has 0 radical (unpaired) electrons. The summed E-state index contributed by atoms with van der Waals surface area (Å²) < 4.78 is 0. The van der Waals surface area contributed by atoms with Crippen LogP contribution in [0.5, 0.6) is 5.75 Å². The van der Waals surface area contributed by atoms with Gasteiger partial charge in [0, 0.05) is 17.7 Å². The SMILES string of the molecule is O=C(O)c1ccc([O-])c(C(=O)/C=C/c2ccc([N+](=O)[O-])cc2)c1. The number of benzene rings is 2. The van der Waals surface area contributed by atoms with E-state index in [1.165, 1.54) is 30.3 Å². The van der Waals surface area contributed by atoms with Crippen LogP contribution in [0.1, 0.15) is 26.3 Å². The fourth-order valence-electron chi connectivity index (χ4n) is 1.82. The fraction of sp³-hybridized carbons (Fsp3) is 0. The Hall–Kier alpha value is -3.48. The molecule has 2 aromatic rings. The van der Waals surface area contributed by atoms with Crippen LogP contribution in [-0.4, -0.2) is 21.8 Å². The summed E-state index contributed by atoms with van der Waals surface area (Å²) in [5.41, 5.74) is 0.0509. The standard InChI is InChI=1S/C16H11NO6/c18-14(13-9-11(16(20)21)4-8-15(13)19)7-3-10-1-5-12(6-2-10)17(22)23/h1-9,19H,(H,20,21)/p-1/b7-3+. The average molecular weight is 312 g/mol. The molecular weight excluding hydrogens is 302 g/mol. The number of nitro benzene ring substituents is 1. The molecule has 0 aliphatic heterocycles. The van der Waals surface area contributed by atoms with E-state index in [9.17, 15) is 24.8 Å². The number of nitro groups is 1. The van der Waals surface area contributed by atoms with Gasteiger partial charge in [0.05, 0.1) is 10.5 Å². The second-order valence-corrected chi connectivity index (χ2v) is 4.56. The van der Waals surface area contributed by atoms with Gasteiger partial charge in [-0.05, 0) is 35.9 Å². The number of carboxylic acids is 1. The van der Waals surface area contributed by atoms with Crippen molar-refractivity contribution < 1.29 is 24.7 Å². The van der Waals surface area contributed by atoms with Crippen molar-refractivity contribution in [3.05, 3.63) is 75.3 Å². The van der Waals surface area contributed by atoms with E-state index in [0.717, 1.165) is 24.3 Å². The Balaban J connectivity index is 2.23. The summed E-state index contributed by atoms with van der Waals surface area (Å²) >= 11 is 0. The molecule has 7 heteroatoms. The number of allylic oxidation sites excluding steroid dienone is 1. The minimum atomic E-state index is -1.24. The minimum Gasteiger partial charge on any atom is -0.872 e. The predicted molar refractivity (Wildman–Crippen MR) is 79.3 cm³/mol. The Kier molecular flexibility index (Phi) is 4.51. The molecule has 0 atom stereocenters. The molecule has 0 aliphatic carbocycles. The first-order valence-corrected chi connectivity index (χ1v) is 6.39. The Morgan fingerprint density at radius 1 is 1.09 bits per heavy atom. The van der Waals surface area contributed by atoms with Gasteiger partial charge in [-0.3, -0.25) is 14.9 Å². The lowest BCUT2D eigenvalue weighted by molar-refractivity contribution is -0.384. The Morgan fingerprint density at radius 3 is 2.30 bits per heavy atom. The zero-order valence-electron chi connectivity index (χ0n) is 11.6. The van der Waals surface area contributed by atoms with Crippen LogP contribution in [0, 0.1) is 10.1 Å². The molecule has 0 saturated heterocycles. The topological polar surface area (TPSA) is 121 Å². The monoisotopic (exact) mass is 312 g/mol. The summed E-state index contributed by atoms with van der Waals surface area (Å²) in [4.78, 5) is 32.9. The van der Waals surface area contributed by atoms with Gasteiger partial charge in [-0.15, -0.1) is 0 Å². The maximum absolute atomic E-state index is 12.0. The van der Waals surface area contributed by atoms with Crippen LogP contribution in [0.25, 0.3) is 6.08 Å². The molecule has 0 aliphatic rings. The lowest BCUT2D eigenvalue weighted by atomic mass is 10.0. The Labute approximate surface area is 130 Å². The number of carbonyl (C=O) groups is 2. The molecule has 0 saturated carbocycles. The largest absolute Gasteiger partial charge is 0.872 e. The number of nitrogens with zero attached hydrogens (tertiary/aromatic N) is 1. The van der Waals surface area contributed by atoms with Crippen molar-refractivity contribution in [2.24, 2.45) is 0 Å². The van der Waals surface area contributed by atoms with Crippen LogP contribution < -0.4 is 5.11 Å². The zero-order chi connectivity index (χ0) is 17.0. The summed E-state index contributed by atoms with van der Waals surface area (Å²) in [7, 11) is 0. The molecule has 0 unspecified atom stereocenters. The van der Waals surface area contributed by atoms with Crippen LogP contribution in [0.15, 0.2) is 48.5 Å². The maximum atomic E-state index is 12.0. The smallest absolute Gasteiger partial charge is 0.335 e. The Morgan fingerprint density at radius 2 is 1.74 bits per heavy atom. The van der Waals surface area contributed by atoms with E-state index >= 15 is 0 Å². The summed E-state index contributed by atoms with van der Waals surface area (Å²) in [5, 5.41) is 31.1. The lowest BCUT2D eigenvalue weighted by Gasteiger charge is -2.11. The average Bonchev–Trinajstić information content (AvgIpc) is 2.53. The molecule has 0 bridgehead atoms. The molecule has 0 fully saturated rings. The summed E-state index contributed by atoms with van der Waals surface area (Å²) in [6.07, 6.45) is 2.50. The number of carbonyl (C=O) groups excluding carboxylic acids is 1. The van der Waals surface area contributed by atoms with Gasteiger partial charge in [-0.2, -0.15) is 0 Å². The summed E-state index contributed by atoms with van der Waals surface area (Å²) in [5.74, 6) is -2.46. The highest BCUT2D eigenvalue weighted by molar-refractivity contribution is 6.09. The predicted octanol–water partition coefficient (Wildman–Crippen LogP) is 2.26. The van der Waals surface area contributed by atoms with Gasteiger partial charge in [0.2, 0.25) is 0 Å². The van der Waals surface area contributed by atoms with Crippen LogP contribution in [0.2, 0.25) is 0 Å². The number of ketones is 1. The van der Waals surface area contributed by atoms with Crippen LogP contribution >= 0.6 is 0 Å². The van der Waals surface area contributed by atoms with E-state index in [2.05, 4.69) is 0 Å². The summed E-state index contributed by atoms with van der Waals surface area (Å²) in [6, 6.07) is 8.65. The van der Waals surface area contributed by atoms with E-state index in [1.807, 2.05) is 0 Å². The van der Waals surface area contributed by atoms with E-state index in [-0.39, 0.29) is 16.8 Å². The van der Waals surface area contributed by atoms with Gasteiger partial charge in [0.15, 0.2) is 5.78 Å². The normalized spacial score (nSPS) is 10.6. The number of hydrogen-bond donors (Lipinski definition) is 1. The molecule has 116 valence electrons. The van der Waals surface area contributed by atoms with Gasteiger partial charge in [0.25, 0.3) is 5.69 Å². The zero-order valence-corrected chi connectivity index (χ0v) is 11.6. The van der Waals surface area contributed by atoms with E-state index in [0.29, 0.717) is 5.56 Å². The number of carboxylic acid groups (broad SMARTS) is 1. The first kappa shape index (κ1) is 15.9. The molecule has 0 spiro atoms. The second kappa shape index (κ2) is 6.52. The van der Waals surface area contributed by atoms with Gasteiger partial charge in [0.1, 0.15) is 0 Å². The molecule has 1 N–H and O–H groups in total. The van der Waals surface area contributed by atoms with Crippen molar-refractivity contribution in [1.82, 2.24) is 0 Å². The molecule has 2 rings (SSSR count). The highest BCUT2D eigenvalue weighted by Gasteiger charge is 2.09. The second-order valence-electron chi connectivity index (χ2n) is 4.56. The number of hydrogen-bond acceptors (Lipinski definition) is 5. The van der Waals surface area contributed by atoms with E-state index in [4.69, 9.17) is 5.11 Å². The first-order valence-electron chi connectivity index (χ1n) is 6.39. The molecule has 2 aromatic carbocycles. The number of rotatable bonds is 5. The first-order chi connectivity index (χ1) is 10.9. The van der Waals surface area contributed by atoms with Gasteiger partial charge in [-0.25, -0.2) is 4.79 Å². The van der Waals surface area contributed by atoms with Crippen LogP contribution in [0.3, 0.4) is 0 Å². The van der Waals surface area contributed by atoms with Crippen molar-refractivity contribution >= 4 is 23.5 Å². The van der Waals surface area contributed by atoms with E-state index < -0.39 is 22.4 Å². The number of non-ortho nitro benzene ring substituents is 1. The molecule has 7 nitrogen and oxygen atoms in total. The third-order valence-electron chi connectivity index (χ3n) is 3.02. The highest BCUT2D eigenvalue weighted by Crippen LogP contribution is 2.18. The third kappa shape index (κ3) is 3.79. The molecular formula is C16H10NO6-. The van der Waals surface area contributed by atoms with E-state index in [1.54, 1.807) is 0 Å². The van der Waals surface area contributed by atoms with Crippen molar-refractivity contribution in [3.63, 3.8) is 0 Å². The summed E-state index contributed by atoms with van der Waals surface area (Å²) in [6.45, 7) is 0. The van der Waals surface area contributed by atoms with Crippen molar-refractivity contribution in [1.29, 1.82) is 0 Å². The molecule has 0 aromatic heterocycles. The quantitative estimate of drug-likeness (QED) is 0.391. The minimum absolute atomic E-state index is 0.0792. The highest BCUT2D eigenvalue weighted by atomic mass is 16.6. The van der Waals surface area contributed by atoms with Crippen molar-refractivity contribution in [2.45, 2.75) is 0 Å². The maximum Gasteiger partial charge on any atom is 0.335 e. The molecule has 0 heterocycles. The Bertz CT molecular complexity index is 808. The van der Waals surface area contributed by atoms with Gasteiger partial charge >= 0.3 is 5.97 Å². The molecule has 0 amide bonds.